The van der Waals surface area contributed by atoms with Crippen molar-refractivity contribution in [3.8, 4) is 5.75 Å². The molecule has 13 heteroatoms. The molecule has 0 amide bonds. The van der Waals surface area contributed by atoms with Gasteiger partial charge in [0, 0.05) is 13.5 Å². The van der Waals surface area contributed by atoms with Crippen molar-refractivity contribution < 1.29 is 57.8 Å². The lowest BCUT2D eigenvalue weighted by Gasteiger charge is -2.38. The maximum atomic E-state index is 14.0. The van der Waals surface area contributed by atoms with Crippen LogP contribution in [0.2, 0.25) is 0 Å². The monoisotopic (exact) mass is 476 g/mol. The van der Waals surface area contributed by atoms with Gasteiger partial charge in [-0.3, -0.25) is 0 Å². The Morgan fingerprint density at radius 1 is 0.774 bits per heavy atom. The van der Waals surface area contributed by atoms with Crippen LogP contribution in [-0.4, -0.2) is 43.6 Å². The summed E-state index contributed by atoms with van der Waals surface area (Å²) in [5.74, 6) is -27.6. The van der Waals surface area contributed by atoms with E-state index in [1.807, 2.05) is 6.92 Å². The highest BCUT2D eigenvalue weighted by Gasteiger charge is 2.87. The molecule has 0 spiro atoms. The Morgan fingerprint density at radius 2 is 1.29 bits per heavy atom. The predicted molar refractivity (Wildman–Crippen MR) is 87.1 cm³/mol. The average Bonchev–Trinajstić information content (AvgIpc) is 2.65. The third-order valence-electron chi connectivity index (χ3n) is 4.35. The minimum Gasteiger partial charge on any atom is -0.494 e. The molecule has 2 nitrogen and oxygen atoms in total. The lowest BCUT2D eigenvalue weighted by atomic mass is 9.92. The summed E-state index contributed by atoms with van der Waals surface area (Å²) < 4.78 is 154. The van der Waals surface area contributed by atoms with E-state index in [1.54, 1.807) is 0 Å². The molecule has 0 N–H and O–H groups in total. The number of rotatable bonds is 11. The Hall–Kier alpha value is -1.79. The van der Waals surface area contributed by atoms with E-state index in [4.69, 9.17) is 4.74 Å². The topological polar surface area (TPSA) is 18.5 Å². The van der Waals surface area contributed by atoms with E-state index in [2.05, 4.69) is 4.74 Å². The summed E-state index contributed by atoms with van der Waals surface area (Å²) >= 11 is 0. The van der Waals surface area contributed by atoms with E-state index >= 15 is 0 Å². The highest BCUT2D eigenvalue weighted by atomic mass is 19.4. The first-order valence-electron chi connectivity index (χ1n) is 8.79. The molecule has 0 heterocycles. The van der Waals surface area contributed by atoms with Crippen LogP contribution < -0.4 is 4.74 Å². The van der Waals surface area contributed by atoms with Crippen LogP contribution in [0, 0.1) is 0 Å². The molecule has 1 aromatic carbocycles. The van der Waals surface area contributed by atoms with Crippen molar-refractivity contribution in [2.45, 2.75) is 62.2 Å². The molecule has 1 atom stereocenters. The maximum Gasteiger partial charge on any atom is 0.460 e. The second kappa shape index (κ2) is 9.37. The van der Waals surface area contributed by atoms with Gasteiger partial charge in [-0.1, -0.05) is 25.5 Å². The van der Waals surface area contributed by atoms with Crippen LogP contribution in [0.5, 0.6) is 5.75 Å². The summed E-state index contributed by atoms with van der Waals surface area (Å²) in [6.45, 7) is 2.20. The average molecular weight is 476 g/mol. The number of methoxy groups -OCH3 is 1. The first kappa shape index (κ1) is 27.2. The van der Waals surface area contributed by atoms with Crippen molar-refractivity contribution in [1.82, 2.24) is 0 Å². The largest absolute Gasteiger partial charge is 0.494 e. The fourth-order valence-corrected chi connectivity index (χ4v) is 2.42. The van der Waals surface area contributed by atoms with Crippen molar-refractivity contribution in [3.05, 3.63) is 29.8 Å². The third kappa shape index (κ3) is 5.35. The molecule has 0 radical (unpaired) electrons. The molecule has 0 aliphatic carbocycles. The highest BCUT2D eigenvalue weighted by molar-refractivity contribution is 5.29. The molecule has 0 bridgehead atoms. The van der Waals surface area contributed by atoms with Crippen molar-refractivity contribution in [2.24, 2.45) is 0 Å². The molecule has 180 valence electrons. The normalized spacial score (nSPS) is 15.1. The summed E-state index contributed by atoms with van der Waals surface area (Å²) in [5, 5.41) is 0. The zero-order valence-corrected chi connectivity index (χ0v) is 16.2. The zero-order valence-electron chi connectivity index (χ0n) is 16.2. The maximum absolute atomic E-state index is 14.0. The highest BCUT2D eigenvalue weighted by Crippen LogP contribution is 2.58. The van der Waals surface area contributed by atoms with Crippen LogP contribution in [0.15, 0.2) is 24.3 Å². The summed E-state index contributed by atoms with van der Waals surface area (Å²) in [6, 6.07) is 4.62. The number of hydrogen-bond acceptors (Lipinski definition) is 2. The molecule has 1 rings (SSSR count). The van der Waals surface area contributed by atoms with Gasteiger partial charge < -0.3 is 9.47 Å². The third-order valence-corrected chi connectivity index (χ3v) is 4.35. The van der Waals surface area contributed by atoms with Gasteiger partial charge in [0.1, 0.15) is 5.75 Å². The van der Waals surface area contributed by atoms with E-state index in [9.17, 15) is 48.3 Å². The minimum atomic E-state index is -7.43. The van der Waals surface area contributed by atoms with E-state index < -0.39 is 42.4 Å². The van der Waals surface area contributed by atoms with Gasteiger partial charge in [-0.15, -0.1) is 0 Å². The molecule has 0 aromatic heterocycles. The molecular weight excluding hydrogens is 457 g/mol. The van der Waals surface area contributed by atoms with Crippen LogP contribution in [0.1, 0.15) is 37.9 Å². The fourth-order valence-electron chi connectivity index (χ4n) is 2.42. The van der Waals surface area contributed by atoms with E-state index in [1.165, 1.54) is 12.1 Å². The number of hydrogen-bond donors (Lipinski definition) is 0. The van der Waals surface area contributed by atoms with Crippen LogP contribution in [0.25, 0.3) is 0 Å². The molecule has 0 fully saturated rings. The predicted octanol–water partition coefficient (Wildman–Crippen LogP) is 7.05. The molecule has 0 saturated heterocycles. The van der Waals surface area contributed by atoms with Gasteiger partial charge in [-0.05, 0) is 24.1 Å². The van der Waals surface area contributed by atoms with Gasteiger partial charge in [0.2, 0.25) is 0 Å². The van der Waals surface area contributed by atoms with Crippen molar-refractivity contribution in [3.63, 3.8) is 0 Å². The Labute approximate surface area is 170 Å². The molecule has 0 saturated carbocycles. The summed E-state index contributed by atoms with van der Waals surface area (Å²) in [4.78, 5) is 0. The number of benzene rings is 1. The fraction of sp³-hybridized carbons (Fsp3) is 0.667. The summed E-state index contributed by atoms with van der Waals surface area (Å²) in [7, 11) is 0.743. The van der Waals surface area contributed by atoms with Crippen LogP contribution in [-0.2, 0) is 4.74 Å². The molecule has 31 heavy (non-hydrogen) atoms. The Balaban J connectivity index is 3.13. The molecule has 0 aliphatic heterocycles. The summed E-state index contributed by atoms with van der Waals surface area (Å²) in [5.41, 5.74) is -0.244. The van der Waals surface area contributed by atoms with E-state index in [0.29, 0.717) is 13.0 Å². The number of halogens is 11. The SMILES string of the molecule is CCCCOc1ccc(C(CC(F)(F)C(F)(F)C(F)(F)C(F)(F)C(F)(F)F)OC)cc1. The lowest BCUT2D eigenvalue weighted by Crippen LogP contribution is -2.66. The summed E-state index contributed by atoms with van der Waals surface area (Å²) in [6.07, 6.45) is -10.0. The van der Waals surface area contributed by atoms with Crippen molar-refractivity contribution in [1.29, 1.82) is 0 Å². The van der Waals surface area contributed by atoms with Crippen LogP contribution >= 0.6 is 0 Å². The quantitative estimate of drug-likeness (QED) is 0.252. The first-order valence-corrected chi connectivity index (χ1v) is 8.79. The Morgan fingerprint density at radius 3 is 1.71 bits per heavy atom. The van der Waals surface area contributed by atoms with Gasteiger partial charge in [0.05, 0.1) is 12.7 Å². The molecular formula is C18H19F11O2. The second-order valence-electron chi connectivity index (χ2n) is 6.62. The first-order chi connectivity index (χ1) is 14.0. The van der Waals surface area contributed by atoms with E-state index in [0.717, 1.165) is 25.7 Å². The molecule has 0 aliphatic rings. The second-order valence-corrected chi connectivity index (χ2v) is 6.62. The van der Waals surface area contributed by atoms with E-state index in [-0.39, 0.29) is 11.3 Å². The van der Waals surface area contributed by atoms with Gasteiger partial charge in [-0.2, -0.15) is 48.3 Å². The minimum absolute atomic E-state index is 0.244. The Bertz CT molecular complexity index is 699. The molecule has 1 unspecified atom stereocenters. The number of ether oxygens (including phenoxy) is 2. The van der Waals surface area contributed by atoms with Crippen molar-refractivity contribution in [2.75, 3.05) is 13.7 Å². The van der Waals surface area contributed by atoms with Crippen molar-refractivity contribution >= 4 is 0 Å². The standard InChI is InChI=1S/C18H19F11O2/c1-3-4-9-31-12-7-5-11(6-8-12)13(30-2)10-14(19,20)15(21,22)16(23,24)17(25,26)18(27,28)29/h5-8,13H,3-4,9-10H2,1-2H3. The van der Waals surface area contributed by atoms with Gasteiger partial charge >= 0.3 is 29.9 Å². The van der Waals surface area contributed by atoms with Crippen LogP contribution in [0.3, 0.4) is 0 Å². The van der Waals surface area contributed by atoms with Gasteiger partial charge in [-0.25, -0.2) is 0 Å². The lowest BCUT2D eigenvalue weighted by molar-refractivity contribution is -0.423. The number of alkyl halides is 11. The van der Waals surface area contributed by atoms with Gasteiger partial charge in [0.15, 0.2) is 0 Å². The van der Waals surface area contributed by atoms with Crippen LogP contribution in [0.4, 0.5) is 48.3 Å². The zero-order chi connectivity index (χ0) is 24.3. The Kier molecular flexibility index (Phi) is 8.24. The number of unbranched alkanes of at least 4 members (excludes halogenated alkanes) is 1. The molecule has 1 aromatic rings. The van der Waals surface area contributed by atoms with Gasteiger partial charge in [0.25, 0.3) is 0 Å². The smallest absolute Gasteiger partial charge is 0.460 e.